The lowest BCUT2D eigenvalue weighted by Gasteiger charge is -2.02. The molecule has 0 radical (unpaired) electrons. The van der Waals surface area contributed by atoms with Crippen LogP contribution >= 0.6 is 11.3 Å². The third-order valence-corrected chi connectivity index (χ3v) is 5.63. The van der Waals surface area contributed by atoms with Crippen LogP contribution in [0, 0.1) is 6.92 Å². The highest BCUT2D eigenvalue weighted by Gasteiger charge is 2.32. The highest BCUT2D eigenvalue weighted by molar-refractivity contribution is 7.21. The van der Waals surface area contributed by atoms with Gasteiger partial charge in [-0.2, -0.15) is 0 Å². The van der Waals surface area contributed by atoms with E-state index in [9.17, 15) is 9.90 Å². The topological polar surface area (TPSA) is 109 Å². The fraction of sp³-hybridized carbons (Fsp3) is 0.200. The minimum Gasteiger partial charge on any atom is -0.539 e. The minimum atomic E-state index is -0.807. The number of benzene rings is 1. The van der Waals surface area contributed by atoms with E-state index in [0.29, 0.717) is 21.6 Å². The van der Waals surface area contributed by atoms with Gasteiger partial charge >= 0.3 is 5.69 Å². The molecule has 0 saturated carbocycles. The predicted molar refractivity (Wildman–Crippen MR) is 104 cm³/mol. The molecule has 0 aliphatic rings. The first-order valence-electron chi connectivity index (χ1n) is 8.76. The number of hydrogen-bond donors (Lipinski definition) is 1. The summed E-state index contributed by atoms with van der Waals surface area (Å²) in [4.78, 5) is 18.7. The smallest absolute Gasteiger partial charge is 0.312 e. The van der Waals surface area contributed by atoms with E-state index >= 15 is 0 Å². The summed E-state index contributed by atoms with van der Waals surface area (Å²) in [6, 6.07) is 11.0. The van der Waals surface area contributed by atoms with Crippen LogP contribution in [0.2, 0.25) is 0 Å². The Morgan fingerprint density at radius 1 is 1.21 bits per heavy atom. The Balaban J connectivity index is 1.83. The molecule has 0 spiro atoms. The van der Waals surface area contributed by atoms with Gasteiger partial charge in [0.15, 0.2) is 5.95 Å². The Morgan fingerprint density at radius 3 is 2.61 bits per heavy atom. The number of ketones is 1. The summed E-state index contributed by atoms with van der Waals surface area (Å²) in [5.74, 6) is -1.08. The van der Waals surface area contributed by atoms with Gasteiger partial charge in [-0.3, -0.25) is 4.79 Å². The monoisotopic (exact) mass is 394 g/mol. The van der Waals surface area contributed by atoms with Gasteiger partial charge in [0.1, 0.15) is 9.71 Å². The summed E-state index contributed by atoms with van der Waals surface area (Å²) in [6.07, 6.45) is 0. The molecule has 0 unspecified atom stereocenters. The fourth-order valence-electron chi connectivity index (χ4n) is 2.91. The summed E-state index contributed by atoms with van der Waals surface area (Å²) < 4.78 is 5.98. The fourth-order valence-corrected chi connectivity index (χ4v) is 3.95. The number of fused-ring (bicyclic) bond motifs is 1. The number of rotatable bonds is 4. The largest absolute Gasteiger partial charge is 0.539 e. The van der Waals surface area contributed by atoms with E-state index < -0.39 is 11.7 Å². The molecule has 2 N–H and O–H groups in total. The summed E-state index contributed by atoms with van der Waals surface area (Å²) in [5.41, 5.74) is 8.85. The number of aryl methyl sites for hydroxylation is 1. The molecule has 0 fully saturated rings. The third kappa shape index (κ3) is 2.91. The number of hydrogen-bond acceptors (Lipinski definition) is 7. The number of nitrogens with zero attached hydrogens (tertiary/aromatic N) is 3. The van der Waals surface area contributed by atoms with Crippen LogP contribution in [0.15, 0.2) is 40.9 Å². The van der Waals surface area contributed by atoms with E-state index in [1.807, 2.05) is 45.0 Å². The van der Waals surface area contributed by atoms with Crippen molar-refractivity contribution in [1.82, 2.24) is 10.3 Å². The van der Waals surface area contributed by atoms with E-state index in [1.165, 1.54) is 16.0 Å². The van der Waals surface area contributed by atoms with E-state index in [4.69, 9.17) is 10.3 Å². The number of aromatic nitrogens is 3. The Kier molecular flexibility index (Phi) is 4.35. The Bertz CT molecular complexity index is 1190. The zero-order chi connectivity index (χ0) is 20.0. The molecule has 0 aliphatic heterocycles. The normalized spacial score (nSPS) is 11.4. The van der Waals surface area contributed by atoms with Crippen LogP contribution in [0.4, 0.5) is 5.69 Å². The van der Waals surface area contributed by atoms with Gasteiger partial charge in [0.25, 0.3) is 5.78 Å². The van der Waals surface area contributed by atoms with Gasteiger partial charge in [-0.05, 0) is 29.7 Å². The molecule has 0 bridgehead atoms. The number of thiophene rings is 1. The molecule has 7 nitrogen and oxygen atoms in total. The first-order chi connectivity index (χ1) is 13.4. The van der Waals surface area contributed by atoms with Crippen LogP contribution in [-0.4, -0.2) is 16.0 Å². The maximum absolute atomic E-state index is 13.2. The van der Waals surface area contributed by atoms with Crippen molar-refractivity contribution < 1.29 is 19.1 Å². The van der Waals surface area contributed by atoms with Gasteiger partial charge in [0.2, 0.25) is 5.69 Å². The SMILES string of the molecule is Cc1ccc(-[n+]2noc([O-])c2C(=O)c2sc3nc(C(C)C)ccc3c2N)cc1. The van der Waals surface area contributed by atoms with Crippen molar-refractivity contribution in [3.8, 4) is 11.6 Å². The Hall–Kier alpha value is -3.26. The molecule has 0 aliphatic carbocycles. The number of anilines is 1. The standard InChI is InChI=1S/C20H18N4O3S/c1-10(2)14-9-8-13-15(21)18(28-19(13)22-14)17(25)16-20(26)27-23-24(16)12-6-4-11(3)5-7-12/h4-10H,1-3H3,(H2-,21,23,25,26). The quantitative estimate of drug-likeness (QED) is 0.421. The van der Waals surface area contributed by atoms with Crippen LogP contribution in [0.5, 0.6) is 5.95 Å². The molecule has 4 aromatic rings. The van der Waals surface area contributed by atoms with Crippen molar-refractivity contribution in [1.29, 1.82) is 0 Å². The maximum atomic E-state index is 13.2. The number of nitrogen functional groups attached to an aromatic ring is 1. The van der Waals surface area contributed by atoms with Gasteiger partial charge < -0.3 is 15.4 Å². The maximum Gasteiger partial charge on any atom is 0.312 e. The van der Waals surface area contributed by atoms with Crippen LogP contribution in [0.1, 0.15) is 46.4 Å². The molecule has 142 valence electrons. The first-order valence-corrected chi connectivity index (χ1v) is 9.58. The molecular formula is C20H18N4O3S. The lowest BCUT2D eigenvalue weighted by molar-refractivity contribution is -0.672. The second-order valence-electron chi connectivity index (χ2n) is 6.87. The van der Waals surface area contributed by atoms with Crippen molar-refractivity contribution >= 4 is 33.0 Å². The van der Waals surface area contributed by atoms with Gasteiger partial charge in [0.05, 0.1) is 11.0 Å². The average Bonchev–Trinajstić information content (AvgIpc) is 3.22. The van der Waals surface area contributed by atoms with Gasteiger partial charge in [-0.15, -0.1) is 11.3 Å². The third-order valence-electron chi connectivity index (χ3n) is 4.52. The average molecular weight is 394 g/mol. The number of carbonyl (C=O) groups excluding carboxylic acids is 1. The highest BCUT2D eigenvalue weighted by Crippen LogP contribution is 2.35. The molecule has 4 rings (SSSR count). The zero-order valence-electron chi connectivity index (χ0n) is 15.6. The van der Waals surface area contributed by atoms with Crippen molar-refractivity contribution in [3.05, 3.63) is 58.2 Å². The van der Waals surface area contributed by atoms with Crippen molar-refractivity contribution in [2.45, 2.75) is 26.7 Å². The predicted octanol–water partition coefficient (Wildman–Crippen LogP) is 2.88. The molecule has 0 atom stereocenters. The Morgan fingerprint density at radius 2 is 1.93 bits per heavy atom. The number of pyridine rings is 1. The number of nitrogens with two attached hydrogens (primary N) is 1. The molecule has 0 amide bonds. The van der Waals surface area contributed by atoms with Gasteiger partial charge in [-0.1, -0.05) is 31.5 Å². The van der Waals surface area contributed by atoms with E-state index in [2.05, 4.69) is 10.3 Å². The Labute approximate surface area is 165 Å². The zero-order valence-corrected chi connectivity index (χ0v) is 16.4. The highest BCUT2D eigenvalue weighted by atomic mass is 32.1. The lowest BCUT2D eigenvalue weighted by Crippen LogP contribution is -2.39. The summed E-state index contributed by atoms with van der Waals surface area (Å²) in [7, 11) is 0. The molecule has 3 heterocycles. The van der Waals surface area contributed by atoms with Crippen molar-refractivity contribution in [2.75, 3.05) is 5.73 Å². The molecule has 1 aromatic carbocycles. The van der Waals surface area contributed by atoms with Crippen LogP contribution in [-0.2, 0) is 0 Å². The summed E-state index contributed by atoms with van der Waals surface area (Å²) in [5, 5.41) is 16.7. The first kappa shape index (κ1) is 18.1. The minimum absolute atomic E-state index is 0.189. The molecule has 0 saturated heterocycles. The molecular weight excluding hydrogens is 376 g/mol. The van der Waals surface area contributed by atoms with E-state index in [1.54, 1.807) is 12.1 Å². The lowest BCUT2D eigenvalue weighted by atomic mass is 10.1. The summed E-state index contributed by atoms with van der Waals surface area (Å²) >= 11 is 1.17. The van der Waals surface area contributed by atoms with E-state index in [-0.39, 0.29) is 16.5 Å². The molecule has 8 heteroatoms. The van der Waals surface area contributed by atoms with Crippen LogP contribution in [0.3, 0.4) is 0 Å². The second-order valence-corrected chi connectivity index (χ2v) is 7.87. The van der Waals surface area contributed by atoms with Gasteiger partial charge in [0, 0.05) is 23.2 Å². The number of carbonyl (C=O) groups is 1. The van der Waals surface area contributed by atoms with E-state index in [0.717, 1.165) is 11.3 Å². The molecule has 3 aromatic heterocycles. The molecule has 28 heavy (non-hydrogen) atoms. The second kappa shape index (κ2) is 6.72. The summed E-state index contributed by atoms with van der Waals surface area (Å²) in [6.45, 7) is 6.03. The van der Waals surface area contributed by atoms with Gasteiger partial charge in [-0.25, -0.2) is 4.98 Å². The van der Waals surface area contributed by atoms with Crippen molar-refractivity contribution in [2.24, 2.45) is 0 Å². The van der Waals surface area contributed by atoms with Crippen LogP contribution in [0.25, 0.3) is 15.9 Å². The van der Waals surface area contributed by atoms with Crippen molar-refractivity contribution in [3.63, 3.8) is 0 Å². The van der Waals surface area contributed by atoms with Crippen LogP contribution < -0.4 is 15.5 Å².